The minimum atomic E-state index is -0.436. The molecule has 0 aliphatic heterocycles. The van der Waals surface area contributed by atoms with E-state index in [-0.39, 0.29) is 5.69 Å². The van der Waals surface area contributed by atoms with E-state index in [4.69, 9.17) is 4.74 Å². The SMILES string of the molecule is CCCNCc1ccn(-c2ccc(OC)cc2[N+](=O)[O-])n1. The average molecular weight is 290 g/mol. The van der Waals surface area contributed by atoms with Gasteiger partial charge >= 0.3 is 0 Å². The lowest BCUT2D eigenvalue weighted by atomic mass is 10.2. The largest absolute Gasteiger partial charge is 0.496 e. The lowest BCUT2D eigenvalue weighted by Crippen LogP contribution is -2.14. The summed E-state index contributed by atoms with van der Waals surface area (Å²) < 4.78 is 6.54. The molecule has 0 unspecified atom stereocenters. The van der Waals surface area contributed by atoms with Gasteiger partial charge in [0, 0.05) is 12.7 Å². The Kier molecular flexibility index (Phi) is 4.89. The molecule has 21 heavy (non-hydrogen) atoms. The molecular weight excluding hydrogens is 272 g/mol. The fraction of sp³-hybridized carbons (Fsp3) is 0.357. The predicted molar refractivity (Wildman–Crippen MR) is 78.8 cm³/mol. The minimum absolute atomic E-state index is 0.0366. The predicted octanol–water partition coefficient (Wildman–Crippen LogP) is 2.29. The van der Waals surface area contributed by atoms with Gasteiger partial charge in [0.1, 0.15) is 11.4 Å². The zero-order chi connectivity index (χ0) is 15.2. The summed E-state index contributed by atoms with van der Waals surface area (Å²) in [5.74, 6) is 0.447. The van der Waals surface area contributed by atoms with Crippen LogP contribution in [0.15, 0.2) is 30.5 Å². The normalized spacial score (nSPS) is 10.6. The smallest absolute Gasteiger partial charge is 0.298 e. The minimum Gasteiger partial charge on any atom is -0.496 e. The summed E-state index contributed by atoms with van der Waals surface area (Å²) in [6, 6.07) is 6.55. The molecule has 0 amide bonds. The lowest BCUT2D eigenvalue weighted by Gasteiger charge is -2.05. The summed E-state index contributed by atoms with van der Waals surface area (Å²) >= 11 is 0. The zero-order valence-electron chi connectivity index (χ0n) is 12.1. The maximum absolute atomic E-state index is 11.2. The van der Waals surface area contributed by atoms with Gasteiger partial charge in [-0.15, -0.1) is 0 Å². The molecule has 1 aromatic heterocycles. The number of benzene rings is 1. The molecule has 0 bridgehead atoms. The second kappa shape index (κ2) is 6.85. The summed E-state index contributed by atoms with van der Waals surface area (Å²) in [6.45, 7) is 3.65. The third-order valence-corrected chi connectivity index (χ3v) is 3.00. The molecule has 1 aromatic carbocycles. The van der Waals surface area contributed by atoms with E-state index in [0.29, 0.717) is 18.0 Å². The first kappa shape index (κ1) is 15.0. The molecule has 0 aliphatic carbocycles. The van der Waals surface area contributed by atoms with Gasteiger partial charge < -0.3 is 10.1 Å². The van der Waals surface area contributed by atoms with Crippen molar-refractivity contribution in [1.82, 2.24) is 15.1 Å². The van der Waals surface area contributed by atoms with Crippen molar-refractivity contribution in [2.24, 2.45) is 0 Å². The molecule has 1 N–H and O–H groups in total. The molecule has 7 heteroatoms. The van der Waals surface area contributed by atoms with Gasteiger partial charge in [0.15, 0.2) is 0 Å². The number of ether oxygens (including phenoxy) is 1. The van der Waals surface area contributed by atoms with Gasteiger partial charge in [-0.05, 0) is 31.2 Å². The molecule has 0 atom stereocenters. The molecule has 0 spiro atoms. The first-order valence-electron chi connectivity index (χ1n) is 6.73. The van der Waals surface area contributed by atoms with Gasteiger partial charge in [-0.1, -0.05) is 6.92 Å². The Labute approximate surface area is 122 Å². The first-order valence-corrected chi connectivity index (χ1v) is 6.73. The van der Waals surface area contributed by atoms with E-state index in [1.807, 2.05) is 6.07 Å². The molecule has 0 aliphatic rings. The molecule has 0 radical (unpaired) electrons. The topological polar surface area (TPSA) is 82.2 Å². The summed E-state index contributed by atoms with van der Waals surface area (Å²) in [6.07, 6.45) is 2.77. The molecule has 1 heterocycles. The molecule has 0 saturated carbocycles. The summed E-state index contributed by atoms with van der Waals surface area (Å²) in [5, 5.41) is 18.8. The second-order valence-corrected chi connectivity index (χ2v) is 4.54. The number of nitro groups is 1. The van der Waals surface area contributed by atoms with Crippen molar-refractivity contribution in [2.75, 3.05) is 13.7 Å². The van der Waals surface area contributed by atoms with Gasteiger partial charge in [-0.25, -0.2) is 4.68 Å². The monoisotopic (exact) mass is 290 g/mol. The molecule has 0 fully saturated rings. The van der Waals surface area contributed by atoms with Gasteiger partial charge in [0.2, 0.25) is 0 Å². The maximum atomic E-state index is 11.2. The van der Waals surface area contributed by atoms with E-state index in [2.05, 4.69) is 17.3 Å². The number of nitro benzene ring substituents is 1. The zero-order valence-corrected chi connectivity index (χ0v) is 12.1. The van der Waals surface area contributed by atoms with Crippen molar-refractivity contribution < 1.29 is 9.66 Å². The van der Waals surface area contributed by atoms with Crippen LogP contribution in [-0.2, 0) is 6.54 Å². The standard InChI is InChI=1S/C14H18N4O3/c1-3-7-15-10-11-6-8-17(16-11)13-5-4-12(21-2)9-14(13)18(19)20/h4-6,8-9,15H,3,7,10H2,1-2H3. The van der Waals surface area contributed by atoms with Crippen LogP contribution in [0.1, 0.15) is 19.0 Å². The van der Waals surface area contributed by atoms with Crippen molar-refractivity contribution in [1.29, 1.82) is 0 Å². The van der Waals surface area contributed by atoms with Crippen molar-refractivity contribution in [2.45, 2.75) is 19.9 Å². The first-order chi connectivity index (χ1) is 10.2. The van der Waals surface area contributed by atoms with Crippen molar-refractivity contribution in [3.8, 4) is 11.4 Å². The fourth-order valence-electron chi connectivity index (χ4n) is 1.95. The molecule has 2 aromatic rings. The summed E-state index contributed by atoms with van der Waals surface area (Å²) in [4.78, 5) is 10.7. The third-order valence-electron chi connectivity index (χ3n) is 3.00. The number of hydrogen-bond acceptors (Lipinski definition) is 5. The Morgan fingerprint density at radius 2 is 2.24 bits per heavy atom. The fourth-order valence-corrected chi connectivity index (χ4v) is 1.95. The number of nitrogens with one attached hydrogen (secondary N) is 1. The van der Waals surface area contributed by atoms with Crippen LogP contribution in [0.25, 0.3) is 5.69 Å². The molecular formula is C14H18N4O3. The Hall–Kier alpha value is -2.41. The number of aromatic nitrogens is 2. The highest BCUT2D eigenvalue weighted by Crippen LogP contribution is 2.27. The van der Waals surface area contributed by atoms with Crippen LogP contribution in [0.4, 0.5) is 5.69 Å². The van der Waals surface area contributed by atoms with E-state index in [1.54, 1.807) is 18.3 Å². The Morgan fingerprint density at radius 1 is 1.43 bits per heavy atom. The van der Waals surface area contributed by atoms with E-state index in [1.165, 1.54) is 17.9 Å². The number of methoxy groups -OCH3 is 1. The number of hydrogen-bond donors (Lipinski definition) is 1. The van der Waals surface area contributed by atoms with E-state index in [0.717, 1.165) is 18.7 Å². The Morgan fingerprint density at radius 3 is 2.90 bits per heavy atom. The molecule has 7 nitrogen and oxygen atoms in total. The van der Waals surface area contributed by atoms with Crippen molar-refractivity contribution in [3.05, 3.63) is 46.3 Å². The van der Waals surface area contributed by atoms with Crippen molar-refractivity contribution >= 4 is 5.69 Å². The van der Waals surface area contributed by atoms with Gasteiger partial charge in [-0.3, -0.25) is 10.1 Å². The maximum Gasteiger partial charge on any atom is 0.298 e. The van der Waals surface area contributed by atoms with Crippen LogP contribution >= 0.6 is 0 Å². The quantitative estimate of drug-likeness (QED) is 0.480. The van der Waals surface area contributed by atoms with Crippen molar-refractivity contribution in [3.63, 3.8) is 0 Å². The van der Waals surface area contributed by atoms with Crippen LogP contribution in [0.2, 0.25) is 0 Å². The Bertz CT molecular complexity index is 624. The van der Waals surface area contributed by atoms with Crippen LogP contribution in [0.5, 0.6) is 5.75 Å². The third kappa shape index (κ3) is 3.57. The average Bonchev–Trinajstić information content (AvgIpc) is 2.95. The van der Waals surface area contributed by atoms with Crippen LogP contribution in [0, 0.1) is 10.1 Å². The van der Waals surface area contributed by atoms with E-state index < -0.39 is 4.92 Å². The highest BCUT2D eigenvalue weighted by molar-refractivity contribution is 5.55. The van der Waals surface area contributed by atoms with Crippen LogP contribution in [-0.4, -0.2) is 28.4 Å². The molecule has 0 saturated heterocycles. The van der Waals surface area contributed by atoms with Gasteiger partial charge in [0.25, 0.3) is 5.69 Å². The van der Waals surface area contributed by atoms with Crippen LogP contribution in [0.3, 0.4) is 0 Å². The summed E-state index contributed by atoms with van der Waals surface area (Å²) in [5.41, 5.74) is 1.22. The number of rotatable bonds is 7. The van der Waals surface area contributed by atoms with E-state index >= 15 is 0 Å². The highest BCUT2D eigenvalue weighted by atomic mass is 16.6. The van der Waals surface area contributed by atoms with E-state index in [9.17, 15) is 10.1 Å². The molecule has 112 valence electrons. The van der Waals surface area contributed by atoms with Crippen LogP contribution < -0.4 is 10.1 Å². The highest BCUT2D eigenvalue weighted by Gasteiger charge is 2.17. The number of nitrogens with zero attached hydrogens (tertiary/aromatic N) is 3. The van der Waals surface area contributed by atoms with Gasteiger partial charge in [0.05, 0.1) is 23.8 Å². The second-order valence-electron chi connectivity index (χ2n) is 4.54. The molecule has 2 rings (SSSR count). The summed E-state index contributed by atoms with van der Waals surface area (Å²) in [7, 11) is 1.48. The lowest BCUT2D eigenvalue weighted by molar-refractivity contribution is -0.384. The van der Waals surface area contributed by atoms with Gasteiger partial charge in [-0.2, -0.15) is 5.10 Å². The Balaban J connectivity index is 2.27.